The van der Waals surface area contributed by atoms with Crippen LogP contribution in [-0.2, 0) is 4.79 Å². The van der Waals surface area contributed by atoms with E-state index in [0.717, 1.165) is 59.7 Å². The lowest BCUT2D eigenvalue weighted by Crippen LogP contribution is -2.37. The number of hydrogen-bond acceptors (Lipinski definition) is 4. The molecule has 0 radical (unpaired) electrons. The molecule has 1 saturated heterocycles. The predicted octanol–water partition coefficient (Wildman–Crippen LogP) is 6.43. The minimum Gasteiger partial charge on any atom is -0.343 e. The molecule has 0 aliphatic carbocycles. The third kappa shape index (κ3) is 5.81. The number of aryl methyl sites for hydroxylation is 1. The SMILES string of the molecule is CC=CCCC(=O)N1CCC(c2nc(C(=O)Nc3ccc(C)cc3-c3ccccc3)cs2)CC1. The fourth-order valence-electron chi connectivity index (χ4n) is 4.30. The second-order valence-corrected chi connectivity index (χ2v) is 9.59. The number of likely N-dealkylation sites (tertiary alicyclic amines) is 1. The van der Waals surface area contributed by atoms with E-state index >= 15 is 0 Å². The van der Waals surface area contributed by atoms with E-state index in [0.29, 0.717) is 18.0 Å². The molecule has 5 nitrogen and oxygen atoms in total. The number of aromatic nitrogens is 1. The highest BCUT2D eigenvalue weighted by Gasteiger charge is 2.26. The van der Waals surface area contributed by atoms with Crippen molar-refractivity contribution >= 4 is 28.8 Å². The molecule has 1 aromatic heterocycles. The van der Waals surface area contributed by atoms with Gasteiger partial charge in [-0.2, -0.15) is 0 Å². The summed E-state index contributed by atoms with van der Waals surface area (Å²) in [5, 5.41) is 5.89. The van der Waals surface area contributed by atoms with Gasteiger partial charge < -0.3 is 10.2 Å². The third-order valence-electron chi connectivity index (χ3n) is 6.22. The summed E-state index contributed by atoms with van der Waals surface area (Å²) in [6.07, 6.45) is 7.16. The largest absolute Gasteiger partial charge is 0.343 e. The number of nitrogens with zero attached hydrogens (tertiary/aromatic N) is 2. The van der Waals surface area contributed by atoms with Crippen LogP contribution in [0, 0.1) is 6.92 Å². The molecule has 0 bridgehead atoms. The Labute approximate surface area is 205 Å². The van der Waals surface area contributed by atoms with Crippen LogP contribution in [-0.4, -0.2) is 34.8 Å². The number of thiazole rings is 1. The number of carbonyl (C=O) groups is 2. The molecule has 2 amide bonds. The quantitative estimate of drug-likeness (QED) is 0.402. The lowest BCUT2D eigenvalue weighted by molar-refractivity contribution is -0.132. The van der Waals surface area contributed by atoms with Crippen LogP contribution < -0.4 is 5.32 Å². The summed E-state index contributed by atoms with van der Waals surface area (Å²) in [7, 11) is 0. The van der Waals surface area contributed by atoms with Gasteiger partial charge >= 0.3 is 0 Å². The van der Waals surface area contributed by atoms with Gasteiger partial charge in [-0.05, 0) is 50.8 Å². The molecule has 0 unspecified atom stereocenters. The molecule has 3 aromatic rings. The molecule has 6 heteroatoms. The van der Waals surface area contributed by atoms with Crippen LogP contribution in [0.15, 0.2) is 66.1 Å². The smallest absolute Gasteiger partial charge is 0.275 e. The van der Waals surface area contributed by atoms with Crippen LogP contribution in [0.1, 0.15) is 59.6 Å². The van der Waals surface area contributed by atoms with Gasteiger partial charge in [-0.25, -0.2) is 4.98 Å². The first kappa shape index (κ1) is 23.9. The van der Waals surface area contributed by atoms with Gasteiger partial charge in [0.25, 0.3) is 5.91 Å². The second kappa shape index (κ2) is 11.3. The maximum atomic E-state index is 13.0. The summed E-state index contributed by atoms with van der Waals surface area (Å²) >= 11 is 1.54. The highest BCUT2D eigenvalue weighted by Crippen LogP contribution is 2.32. The summed E-state index contributed by atoms with van der Waals surface area (Å²) in [5.74, 6) is 0.327. The number of rotatable bonds is 7. The van der Waals surface area contributed by atoms with Gasteiger partial charge in [0, 0.05) is 42.1 Å². The molecule has 1 aliphatic heterocycles. The fraction of sp³-hybridized carbons (Fsp3) is 0.321. The molecule has 0 atom stereocenters. The molecule has 176 valence electrons. The number of benzene rings is 2. The van der Waals surface area contributed by atoms with Crippen LogP contribution in [0.2, 0.25) is 0 Å². The summed E-state index contributed by atoms with van der Waals surface area (Å²) in [4.78, 5) is 32.0. The Hall–Kier alpha value is -3.25. The summed E-state index contributed by atoms with van der Waals surface area (Å²) in [6.45, 7) is 5.53. The molecule has 4 rings (SSSR count). The number of anilines is 1. The van der Waals surface area contributed by atoms with Crippen LogP contribution in [0.5, 0.6) is 0 Å². The van der Waals surface area contributed by atoms with E-state index in [1.54, 1.807) is 0 Å². The van der Waals surface area contributed by atoms with Gasteiger partial charge in [-0.3, -0.25) is 9.59 Å². The van der Waals surface area contributed by atoms with Gasteiger partial charge in [-0.15, -0.1) is 11.3 Å². The Morgan fingerprint density at radius 1 is 1.15 bits per heavy atom. The molecular weight excluding hydrogens is 442 g/mol. The highest BCUT2D eigenvalue weighted by atomic mass is 32.1. The molecule has 1 N–H and O–H groups in total. The Bertz CT molecular complexity index is 1160. The maximum Gasteiger partial charge on any atom is 0.275 e. The molecule has 1 fully saturated rings. The summed E-state index contributed by atoms with van der Waals surface area (Å²) in [5.41, 5.74) is 4.42. The Kier molecular flexibility index (Phi) is 7.91. The van der Waals surface area contributed by atoms with Crippen molar-refractivity contribution in [2.75, 3.05) is 18.4 Å². The predicted molar refractivity (Wildman–Crippen MR) is 139 cm³/mol. The van der Waals surface area contributed by atoms with Crippen molar-refractivity contribution < 1.29 is 9.59 Å². The highest BCUT2D eigenvalue weighted by molar-refractivity contribution is 7.10. The Morgan fingerprint density at radius 3 is 2.65 bits per heavy atom. The van der Waals surface area contributed by atoms with E-state index in [-0.39, 0.29) is 11.8 Å². The number of hydrogen-bond donors (Lipinski definition) is 1. The standard InChI is InChI=1S/C28H31N3O2S/c1-3-4-6-11-26(32)31-16-14-22(15-17-31)28-30-25(19-34-28)27(33)29-24-13-12-20(2)18-23(24)21-9-7-5-8-10-21/h3-5,7-10,12-13,18-19,22H,6,11,14-17H2,1-2H3,(H,29,33). The van der Waals surface area contributed by atoms with Crippen LogP contribution in [0.3, 0.4) is 0 Å². The van der Waals surface area contributed by atoms with Crippen LogP contribution in [0.25, 0.3) is 11.1 Å². The van der Waals surface area contributed by atoms with E-state index in [4.69, 9.17) is 0 Å². The molecule has 2 aromatic carbocycles. The lowest BCUT2D eigenvalue weighted by Gasteiger charge is -2.31. The van der Waals surface area contributed by atoms with Crippen molar-refractivity contribution in [3.63, 3.8) is 0 Å². The average Bonchev–Trinajstić information content (AvgIpc) is 3.36. The number of allylic oxidation sites excluding steroid dienone is 2. The fourth-order valence-corrected chi connectivity index (χ4v) is 5.27. The normalized spacial score (nSPS) is 14.5. The monoisotopic (exact) mass is 473 g/mol. The van der Waals surface area contributed by atoms with Crippen molar-refractivity contribution in [2.45, 2.75) is 45.4 Å². The topological polar surface area (TPSA) is 62.3 Å². The van der Waals surface area contributed by atoms with E-state index in [2.05, 4.69) is 16.4 Å². The molecule has 34 heavy (non-hydrogen) atoms. The molecule has 0 spiro atoms. The van der Waals surface area contributed by atoms with Crippen molar-refractivity contribution in [3.05, 3.63) is 82.3 Å². The van der Waals surface area contributed by atoms with E-state index in [1.165, 1.54) is 11.3 Å². The van der Waals surface area contributed by atoms with Gasteiger partial charge in [0.1, 0.15) is 5.69 Å². The first-order valence-corrected chi connectivity index (χ1v) is 12.7. The number of piperidine rings is 1. The minimum absolute atomic E-state index is 0.194. The zero-order chi connectivity index (χ0) is 23.9. The zero-order valence-corrected chi connectivity index (χ0v) is 20.6. The van der Waals surface area contributed by atoms with E-state index in [1.807, 2.05) is 78.7 Å². The minimum atomic E-state index is -0.194. The van der Waals surface area contributed by atoms with Crippen molar-refractivity contribution in [2.24, 2.45) is 0 Å². The van der Waals surface area contributed by atoms with Gasteiger partial charge in [0.05, 0.1) is 5.01 Å². The van der Waals surface area contributed by atoms with Crippen molar-refractivity contribution in [1.29, 1.82) is 0 Å². The van der Waals surface area contributed by atoms with Gasteiger partial charge in [-0.1, -0.05) is 54.1 Å². The summed E-state index contributed by atoms with van der Waals surface area (Å²) < 4.78 is 0. The Morgan fingerprint density at radius 2 is 1.91 bits per heavy atom. The van der Waals surface area contributed by atoms with Crippen LogP contribution >= 0.6 is 11.3 Å². The zero-order valence-electron chi connectivity index (χ0n) is 19.8. The average molecular weight is 474 g/mol. The number of carbonyl (C=O) groups excluding carboxylic acids is 2. The summed E-state index contributed by atoms with van der Waals surface area (Å²) in [6, 6.07) is 16.1. The molecule has 2 heterocycles. The Balaban J connectivity index is 1.39. The first-order valence-electron chi connectivity index (χ1n) is 11.9. The van der Waals surface area contributed by atoms with E-state index < -0.39 is 0 Å². The van der Waals surface area contributed by atoms with Crippen molar-refractivity contribution in [3.8, 4) is 11.1 Å². The van der Waals surface area contributed by atoms with E-state index in [9.17, 15) is 9.59 Å². The van der Waals surface area contributed by atoms with Gasteiger partial charge in [0.2, 0.25) is 5.91 Å². The third-order valence-corrected chi connectivity index (χ3v) is 7.23. The molecule has 0 saturated carbocycles. The van der Waals surface area contributed by atoms with Gasteiger partial charge in [0.15, 0.2) is 0 Å². The first-order chi connectivity index (χ1) is 16.5. The number of amides is 2. The maximum absolute atomic E-state index is 13.0. The number of nitrogens with one attached hydrogen (secondary N) is 1. The molecular formula is C28H31N3O2S. The lowest BCUT2D eigenvalue weighted by atomic mass is 9.97. The van der Waals surface area contributed by atoms with Crippen molar-refractivity contribution in [1.82, 2.24) is 9.88 Å². The van der Waals surface area contributed by atoms with Crippen LogP contribution in [0.4, 0.5) is 5.69 Å². The second-order valence-electron chi connectivity index (χ2n) is 8.70. The molecule has 1 aliphatic rings.